The third kappa shape index (κ3) is 11.8. The molecule has 0 aliphatic carbocycles. The third-order valence-electron chi connectivity index (χ3n) is 1.06. The topological polar surface area (TPSA) is 60.7 Å². The van der Waals surface area contributed by atoms with Crippen molar-refractivity contribution in [2.75, 3.05) is 28.2 Å². The molecular formula is C10H16BF5NO3+. The number of hydrogen-bond acceptors (Lipinski definition) is 3. The highest BCUT2D eigenvalue weighted by Gasteiger charge is 2.18. The molecule has 0 unspecified atom stereocenters. The SMILES string of the molecule is C[N+](C)(C)C.Fc1cc(F)c(F)c(F)c1F.OB(O)O. The van der Waals surface area contributed by atoms with Crippen LogP contribution in [-0.4, -0.2) is 55.1 Å². The Morgan fingerprint density at radius 1 is 0.750 bits per heavy atom. The van der Waals surface area contributed by atoms with Gasteiger partial charge in [-0.2, -0.15) is 0 Å². The zero-order valence-corrected chi connectivity index (χ0v) is 11.3. The van der Waals surface area contributed by atoms with Gasteiger partial charge in [0, 0.05) is 6.07 Å². The van der Waals surface area contributed by atoms with Crippen molar-refractivity contribution in [1.29, 1.82) is 0 Å². The van der Waals surface area contributed by atoms with Gasteiger partial charge in [-0.1, -0.05) is 0 Å². The summed E-state index contributed by atoms with van der Waals surface area (Å²) in [6.45, 7) is 0. The molecule has 10 heteroatoms. The average Bonchev–Trinajstić information content (AvgIpc) is 2.20. The quantitative estimate of drug-likeness (QED) is 0.217. The van der Waals surface area contributed by atoms with Crippen LogP contribution in [0.4, 0.5) is 22.0 Å². The summed E-state index contributed by atoms with van der Waals surface area (Å²) >= 11 is 0. The third-order valence-corrected chi connectivity index (χ3v) is 1.06. The molecule has 0 aliphatic rings. The van der Waals surface area contributed by atoms with Crippen LogP contribution in [0.5, 0.6) is 0 Å². The van der Waals surface area contributed by atoms with Crippen LogP contribution in [0.2, 0.25) is 0 Å². The van der Waals surface area contributed by atoms with Crippen LogP contribution in [0, 0.1) is 29.1 Å². The highest BCUT2D eigenvalue weighted by atomic mass is 19.2. The Balaban J connectivity index is 0. The van der Waals surface area contributed by atoms with E-state index in [1.165, 1.54) is 0 Å². The molecule has 0 spiro atoms. The van der Waals surface area contributed by atoms with Gasteiger partial charge in [0.2, 0.25) is 5.82 Å². The first-order valence-electron chi connectivity index (χ1n) is 5.09. The minimum absolute atomic E-state index is 0.0618. The van der Waals surface area contributed by atoms with Crippen molar-refractivity contribution in [3.63, 3.8) is 0 Å². The highest BCUT2D eigenvalue weighted by molar-refractivity contribution is 6.30. The van der Waals surface area contributed by atoms with E-state index in [4.69, 9.17) is 15.1 Å². The van der Waals surface area contributed by atoms with Crippen LogP contribution in [0.25, 0.3) is 0 Å². The fraction of sp³-hybridized carbons (Fsp3) is 0.400. The summed E-state index contributed by atoms with van der Waals surface area (Å²) in [4.78, 5) is 0. The molecule has 0 amide bonds. The minimum Gasteiger partial charge on any atom is -0.402 e. The maximum atomic E-state index is 12.0. The lowest BCUT2D eigenvalue weighted by Gasteiger charge is -2.14. The maximum absolute atomic E-state index is 12.0. The van der Waals surface area contributed by atoms with Crippen molar-refractivity contribution < 1.29 is 41.5 Å². The number of nitrogens with zero attached hydrogens (tertiary/aromatic N) is 1. The van der Waals surface area contributed by atoms with E-state index in [1.807, 2.05) is 0 Å². The minimum atomic E-state index is -2.17. The second kappa shape index (κ2) is 8.85. The Labute approximate surface area is 113 Å². The van der Waals surface area contributed by atoms with Gasteiger partial charge in [-0.3, -0.25) is 0 Å². The average molecular weight is 304 g/mol. The Kier molecular flexibility index (Phi) is 9.33. The standard InChI is InChI=1S/C6HF5.C4H12N.BH3O3/c7-2-1-3(8)5(10)6(11)4(2)9;1-5(2,3)4;2-1(3)4/h1H;1-4H3;2-4H/q;+1;. The molecule has 0 aromatic heterocycles. The van der Waals surface area contributed by atoms with Gasteiger partial charge < -0.3 is 19.6 Å². The number of hydrogen-bond donors (Lipinski definition) is 3. The fourth-order valence-electron chi connectivity index (χ4n) is 0.544. The Hall–Kier alpha value is -1.23. The summed E-state index contributed by atoms with van der Waals surface area (Å²) in [6, 6.07) is -0.0618. The van der Waals surface area contributed by atoms with Gasteiger partial charge in [-0.05, 0) is 0 Å². The summed E-state index contributed by atoms with van der Waals surface area (Å²) < 4.78 is 61.0. The first-order valence-corrected chi connectivity index (χ1v) is 5.09. The van der Waals surface area contributed by atoms with E-state index in [1.54, 1.807) is 0 Å². The normalized spacial score (nSPS) is 10.0. The van der Waals surface area contributed by atoms with Gasteiger partial charge in [-0.15, -0.1) is 0 Å². The Bertz CT molecular complexity index is 391. The zero-order chi connectivity index (χ0) is 16.7. The van der Waals surface area contributed by atoms with E-state index >= 15 is 0 Å². The molecule has 116 valence electrons. The van der Waals surface area contributed by atoms with E-state index in [2.05, 4.69) is 28.2 Å². The smallest absolute Gasteiger partial charge is 0.402 e. The predicted molar refractivity (Wildman–Crippen MR) is 62.6 cm³/mol. The predicted octanol–water partition coefficient (Wildman–Crippen LogP) is 0.653. The van der Waals surface area contributed by atoms with Crippen LogP contribution in [0.15, 0.2) is 6.07 Å². The van der Waals surface area contributed by atoms with Crippen molar-refractivity contribution >= 4 is 7.32 Å². The molecule has 4 nitrogen and oxygen atoms in total. The number of quaternary nitrogens is 1. The van der Waals surface area contributed by atoms with Gasteiger partial charge in [0.1, 0.15) is 0 Å². The van der Waals surface area contributed by atoms with E-state index < -0.39 is 36.4 Å². The molecule has 0 aliphatic heterocycles. The van der Waals surface area contributed by atoms with Crippen LogP contribution in [-0.2, 0) is 0 Å². The molecular weight excluding hydrogens is 288 g/mol. The zero-order valence-electron chi connectivity index (χ0n) is 11.3. The van der Waals surface area contributed by atoms with Crippen LogP contribution < -0.4 is 0 Å². The van der Waals surface area contributed by atoms with Crippen molar-refractivity contribution in [2.24, 2.45) is 0 Å². The first-order chi connectivity index (χ1) is 8.77. The van der Waals surface area contributed by atoms with Crippen molar-refractivity contribution in [3.05, 3.63) is 35.2 Å². The number of benzene rings is 1. The van der Waals surface area contributed by atoms with Crippen molar-refractivity contribution in [2.45, 2.75) is 0 Å². The summed E-state index contributed by atoms with van der Waals surface area (Å²) in [5.74, 6) is -9.65. The Morgan fingerprint density at radius 3 is 1.15 bits per heavy atom. The van der Waals surface area contributed by atoms with E-state index in [-0.39, 0.29) is 6.07 Å². The molecule has 0 atom stereocenters. The molecule has 20 heavy (non-hydrogen) atoms. The maximum Gasteiger partial charge on any atom is 0.631 e. The summed E-state index contributed by atoms with van der Waals surface area (Å²) in [6.07, 6.45) is 0. The molecule has 1 aromatic carbocycles. The fourth-order valence-corrected chi connectivity index (χ4v) is 0.544. The second-order valence-electron chi connectivity index (χ2n) is 4.81. The van der Waals surface area contributed by atoms with E-state index in [0.29, 0.717) is 0 Å². The van der Waals surface area contributed by atoms with Gasteiger partial charge >= 0.3 is 7.32 Å². The molecule has 0 bridgehead atoms. The number of halogens is 5. The van der Waals surface area contributed by atoms with Gasteiger partial charge in [0.25, 0.3) is 0 Å². The van der Waals surface area contributed by atoms with Crippen molar-refractivity contribution in [3.8, 4) is 0 Å². The molecule has 1 rings (SSSR count). The van der Waals surface area contributed by atoms with Crippen molar-refractivity contribution in [1.82, 2.24) is 0 Å². The lowest BCUT2D eigenvalue weighted by Crippen LogP contribution is -2.27. The van der Waals surface area contributed by atoms with E-state index in [0.717, 1.165) is 4.48 Å². The highest BCUT2D eigenvalue weighted by Crippen LogP contribution is 2.16. The number of rotatable bonds is 0. The summed E-state index contributed by atoms with van der Waals surface area (Å²) in [7, 11) is 6.33. The monoisotopic (exact) mass is 304 g/mol. The second-order valence-corrected chi connectivity index (χ2v) is 4.81. The van der Waals surface area contributed by atoms with Crippen LogP contribution in [0.3, 0.4) is 0 Å². The van der Waals surface area contributed by atoms with Crippen LogP contribution in [0.1, 0.15) is 0 Å². The van der Waals surface area contributed by atoms with Gasteiger partial charge in [0.15, 0.2) is 23.3 Å². The van der Waals surface area contributed by atoms with Gasteiger partial charge in [0.05, 0.1) is 28.2 Å². The molecule has 1 aromatic rings. The van der Waals surface area contributed by atoms with E-state index in [9.17, 15) is 22.0 Å². The Morgan fingerprint density at radius 2 is 0.950 bits per heavy atom. The lowest BCUT2D eigenvalue weighted by molar-refractivity contribution is -0.849. The largest absolute Gasteiger partial charge is 0.631 e. The molecule has 0 radical (unpaired) electrons. The van der Waals surface area contributed by atoms with Gasteiger partial charge in [-0.25, -0.2) is 22.0 Å². The first kappa shape index (κ1) is 21.1. The summed E-state index contributed by atoms with van der Waals surface area (Å²) in [5.41, 5.74) is 0. The molecule has 0 saturated carbocycles. The molecule has 3 N–H and O–H groups in total. The molecule has 0 fully saturated rings. The van der Waals surface area contributed by atoms with Crippen LogP contribution >= 0.6 is 0 Å². The summed E-state index contributed by atoms with van der Waals surface area (Å²) in [5, 5.41) is 21.5. The lowest BCUT2D eigenvalue weighted by atomic mass is 10.3. The molecule has 0 heterocycles. The molecule has 0 saturated heterocycles.